The van der Waals surface area contributed by atoms with Crippen molar-refractivity contribution in [2.24, 2.45) is 0 Å². The standard InChI is InChI=1S/C19H22N4O4/c1-27-13-17(24)22-6-3-7-23(9-8-22)18(25)15-5-2-4-14(10-15)16-11-20-19(26)21-12-16/h2,4-5,10-12H,3,6-9,13H2,1H3,(H,20,21,26). The van der Waals surface area contributed by atoms with Gasteiger partial charge in [-0.2, -0.15) is 0 Å². The molecule has 2 aromatic rings. The predicted octanol–water partition coefficient (Wildman–Crippen LogP) is 0.758. The Labute approximate surface area is 156 Å². The van der Waals surface area contributed by atoms with Crippen molar-refractivity contribution in [2.45, 2.75) is 6.42 Å². The van der Waals surface area contributed by atoms with Crippen LogP contribution in [0.25, 0.3) is 11.1 Å². The minimum absolute atomic E-state index is 0.0561. The summed E-state index contributed by atoms with van der Waals surface area (Å²) in [7, 11) is 1.50. The molecule has 1 saturated heterocycles. The zero-order valence-corrected chi connectivity index (χ0v) is 15.2. The van der Waals surface area contributed by atoms with Crippen LogP contribution in [0.2, 0.25) is 0 Å². The van der Waals surface area contributed by atoms with Crippen molar-refractivity contribution in [3.63, 3.8) is 0 Å². The van der Waals surface area contributed by atoms with Crippen LogP contribution in [0, 0.1) is 0 Å². The molecule has 142 valence electrons. The number of carbonyl (C=O) groups excluding carboxylic acids is 2. The molecule has 1 fully saturated rings. The van der Waals surface area contributed by atoms with Crippen LogP contribution in [0.5, 0.6) is 0 Å². The predicted molar refractivity (Wildman–Crippen MR) is 99.3 cm³/mol. The van der Waals surface area contributed by atoms with Crippen molar-refractivity contribution in [3.8, 4) is 11.1 Å². The van der Waals surface area contributed by atoms with Crippen LogP contribution >= 0.6 is 0 Å². The van der Waals surface area contributed by atoms with Crippen LogP contribution in [0.4, 0.5) is 0 Å². The Kier molecular flexibility index (Phi) is 5.97. The molecule has 1 aliphatic heterocycles. The first kappa shape index (κ1) is 18.8. The quantitative estimate of drug-likeness (QED) is 0.857. The second-order valence-electron chi connectivity index (χ2n) is 6.35. The van der Waals surface area contributed by atoms with Gasteiger partial charge in [0.15, 0.2) is 0 Å². The maximum Gasteiger partial charge on any atom is 0.344 e. The molecule has 0 saturated carbocycles. The highest BCUT2D eigenvalue weighted by Gasteiger charge is 2.22. The first-order valence-electron chi connectivity index (χ1n) is 8.79. The summed E-state index contributed by atoms with van der Waals surface area (Å²) in [5.41, 5.74) is 1.69. The number of aromatic amines is 1. The lowest BCUT2D eigenvalue weighted by atomic mass is 10.1. The molecule has 0 atom stereocenters. The van der Waals surface area contributed by atoms with Crippen molar-refractivity contribution in [1.82, 2.24) is 19.8 Å². The lowest BCUT2D eigenvalue weighted by Gasteiger charge is -2.22. The Bertz CT molecular complexity index is 860. The number of hydrogen-bond donors (Lipinski definition) is 1. The van der Waals surface area contributed by atoms with E-state index >= 15 is 0 Å². The van der Waals surface area contributed by atoms with E-state index in [2.05, 4.69) is 9.97 Å². The zero-order valence-electron chi connectivity index (χ0n) is 15.2. The average molecular weight is 370 g/mol. The number of ether oxygens (including phenoxy) is 1. The fourth-order valence-corrected chi connectivity index (χ4v) is 3.10. The Morgan fingerprint density at radius 1 is 1.15 bits per heavy atom. The third-order valence-electron chi connectivity index (χ3n) is 4.52. The maximum atomic E-state index is 12.9. The van der Waals surface area contributed by atoms with E-state index in [1.165, 1.54) is 13.3 Å². The largest absolute Gasteiger partial charge is 0.375 e. The van der Waals surface area contributed by atoms with Crippen LogP contribution in [-0.4, -0.2) is 71.5 Å². The summed E-state index contributed by atoms with van der Waals surface area (Å²) in [6, 6.07) is 7.22. The van der Waals surface area contributed by atoms with E-state index in [0.717, 1.165) is 17.5 Å². The topological polar surface area (TPSA) is 95.6 Å². The molecular formula is C19H22N4O4. The molecule has 0 radical (unpaired) electrons. The number of methoxy groups -OCH3 is 1. The molecule has 1 aromatic carbocycles. The minimum atomic E-state index is -0.414. The van der Waals surface area contributed by atoms with E-state index in [9.17, 15) is 14.4 Å². The van der Waals surface area contributed by atoms with Gasteiger partial charge in [-0.3, -0.25) is 9.59 Å². The van der Waals surface area contributed by atoms with Gasteiger partial charge >= 0.3 is 5.69 Å². The van der Waals surface area contributed by atoms with Crippen molar-refractivity contribution >= 4 is 11.8 Å². The van der Waals surface area contributed by atoms with E-state index in [4.69, 9.17) is 4.74 Å². The van der Waals surface area contributed by atoms with Gasteiger partial charge in [0, 0.05) is 56.8 Å². The zero-order chi connectivity index (χ0) is 19.2. The number of amides is 2. The SMILES string of the molecule is COCC(=O)N1CCCN(C(=O)c2cccc(-c3cnc(=O)[nH]c3)c2)CC1. The number of benzene rings is 1. The van der Waals surface area contributed by atoms with Crippen molar-refractivity contribution in [1.29, 1.82) is 0 Å². The van der Waals surface area contributed by atoms with E-state index in [-0.39, 0.29) is 18.4 Å². The van der Waals surface area contributed by atoms with Crippen LogP contribution in [0.15, 0.2) is 41.5 Å². The third-order valence-corrected chi connectivity index (χ3v) is 4.52. The highest BCUT2D eigenvalue weighted by molar-refractivity contribution is 5.95. The summed E-state index contributed by atoms with van der Waals surface area (Å²) in [6.45, 7) is 2.26. The fraction of sp³-hybridized carbons (Fsp3) is 0.368. The molecule has 8 nitrogen and oxygen atoms in total. The molecule has 1 N–H and O–H groups in total. The fourth-order valence-electron chi connectivity index (χ4n) is 3.10. The molecule has 8 heteroatoms. The molecule has 2 heterocycles. The van der Waals surface area contributed by atoms with Crippen LogP contribution in [0.3, 0.4) is 0 Å². The Morgan fingerprint density at radius 2 is 1.93 bits per heavy atom. The van der Waals surface area contributed by atoms with Gasteiger partial charge in [-0.25, -0.2) is 9.78 Å². The summed E-state index contributed by atoms with van der Waals surface area (Å²) in [6.07, 6.45) is 3.78. The maximum absolute atomic E-state index is 12.9. The smallest absolute Gasteiger partial charge is 0.344 e. The highest BCUT2D eigenvalue weighted by atomic mass is 16.5. The lowest BCUT2D eigenvalue weighted by Crippen LogP contribution is -2.38. The van der Waals surface area contributed by atoms with E-state index in [0.29, 0.717) is 31.7 Å². The third kappa shape index (κ3) is 4.59. The monoisotopic (exact) mass is 370 g/mol. The molecule has 1 aromatic heterocycles. The molecule has 1 aliphatic rings. The summed E-state index contributed by atoms with van der Waals surface area (Å²) in [5, 5.41) is 0. The van der Waals surface area contributed by atoms with Crippen LogP contribution in [0.1, 0.15) is 16.8 Å². The minimum Gasteiger partial charge on any atom is -0.375 e. The molecule has 3 rings (SSSR count). The number of aromatic nitrogens is 2. The lowest BCUT2D eigenvalue weighted by molar-refractivity contribution is -0.135. The molecular weight excluding hydrogens is 348 g/mol. The van der Waals surface area contributed by atoms with E-state index in [1.54, 1.807) is 34.2 Å². The number of hydrogen-bond acceptors (Lipinski definition) is 5. The molecule has 27 heavy (non-hydrogen) atoms. The highest BCUT2D eigenvalue weighted by Crippen LogP contribution is 2.19. The Balaban J connectivity index is 1.72. The second-order valence-corrected chi connectivity index (χ2v) is 6.35. The van der Waals surface area contributed by atoms with Gasteiger partial charge in [-0.1, -0.05) is 12.1 Å². The van der Waals surface area contributed by atoms with E-state index < -0.39 is 5.69 Å². The van der Waals surface area contributed by atoms with Crippen LogP contribution < -0.4 is 5.69 Å². The van der Waals surface area contributed by atoms with Gasteiger partial charge in [0.2, 0.25) is 5.91 Å². The summed E-state index contributed by atoms with van der Waals surface area (Å²) in [4.78, 5) is 45.8. The molecule has 0 unspecified atom stereocenters. The summed E-state index contributed by atoms with van der Waals surface area (Å²) >= 11 is 0. The number of nitrogens with zero attached hydrogens (tertiary/aromatic N) is 3. The number of rotatable bonds is 4. The van der Waals surface area contributed by atoms with Crippen LogP contribution in [-0.2, 0) is 9.53 Å². The Morgan fingerprint density at radius 3 is 2.67 bits per heavy atom. The van der Waals surface area contributed by atoms with Gasteiger partial charge in [-0.15, -0.1) is 0 Å². The first-order valence-corrected chi connectivity index (χ1v) is 8.79. The Hall–Kier alpha value is -3.00. The number of nitrogens with one attached hydrogen (secondary N) is 1. The van der Waals surface area contributed by atoms with E-state index in [1.807, 2.05) is 6.07 Å². The molecule has 0 spiro atoms. The second kappa shape index (κ2) is 8.59. The molecule has 0 bridgehead atoms. The van der Waals surface area contributed by atoms with Gasteiger partial charge in [-0.05, 0) is 24.1 Å². The molecule has 0 aliphatic carbocycles. The van der Waals surface area contributed by atoms with Gasteiger partial charge in [0.1, 0.15) is 6.61 Å². The molecule has 2 amide bonds. The normalized spacial score (nSPS) is 14.7. The van der Waals surface area contributed by atoms with Crippen molar-refractivity contribution in [3.05, 3.63) is 52.7 Å². The average Bonchev–Trinajstić information content (AvgIpc) is 2.94. The number of carbonyl (C=O) groups is 2. The van der Waals surface area contributed by atoms with Gasteiger partial charge < -0.3 is 19.5 Å². The van der Waals surface area contributed by atoms with Crippen molar-refractivity contribution < 1.29 is 14.3 Å². The van der Waals surface area contributed by atoms with Gasteiger partial charge in [0.25, 0.3) is 5.91 Å². The van der Waals surface area contributed by atoms with Crippen molar-refractivity contribution in [2.75, 3.05) is 39.9 Å². The first-order chi connectivity index (χ1) is 13.1. The summed E-state index contributed by atoms with van der Waals surface area (Å²) in [5.74, 6) is -0.130. The summed E-state index contributed by atoms with van der Waals surface area (Å²) < 4.78 is 4.90. The number of H-pyrrole nitrogens is 1. The van der Waals surface area contributed by atoms with Gasteiger partial charge in [0.05, 0.1) is 0 Å².